The van der Waals surface area contributed by atoms with Crippen molar-refractivity contribution in [2.75, 3.05) is 0 Å². The lowest BCUT2D eigenvalue weighted by molar-refractivity contribution is -0.131. The van der Waals surface area contributed by atoms with Gasteiger partial charge in [-0.05, 0) is 36.1 Å². The van der Waals surface area contributed by atoms with E-state index in [4.69, 9.17) is 5.11 Å². The van der Waals surface area contributed by atoms with Crippen molar-refractivity contribution in [3.05, 3.63) is 39.9 Å². The van der Waals surface area contributed by atoms with Crippen LogP contribution in [0.15, 0.2) is 28.7 Å². The number of carboxylic acids is 1. The van der Waals surface area contributed by atoms with Gasteiger partial charge >= 0.3 is 5.97 Å². The van der Waals surface area contributed by atoms with Crippen LogP contribution in [0.3, 0.4) is 0 Å². The Morgan fingerprint density at radius 2 is 2.19 bits per heavy atom. The second-order valence-electron chi connectivity index (χ2n) is 3.72. The molecule has 0 saturated heterocycles. The average Bonchev–Trinajstić information content (AvgIpc) is 2.21. The van der Waals surface area contributed by atoms with E-state index in [0.29, 0.717) is 0 Å². The number of hydrogen-bond donors (Lipinski definition) is 1. The molecule has 16 heavy (non-hydrogen) atoms. The van der Waals surface area contributed by atoms with Gasteiger partial charge in [0, 0.05) is 10.5 Å². The first-order chi connectivity index (χ1) is 7.54. The molecule has 0 atom stereocenters. The number of aliphatic carboxylic acids is 1. The van der Waals surface area contributed by atoms with Gasteiger partial charge in [0.25, 0.3) is 0 Å². The summed E-state index contributed by atoms with van der Waals surface area (Å²) in [6.07, 6.45) is 3.01. The fourth-order valence-corrected chi connectivity index (χ4v) is 1.89. The minimum absolute atomic E-state index is 0.780. The monoisotopic (exact) mass is 282 g/mol. The van der Waals surface area contributed by atoms with Gasteiger partial charge in [-0.25, -0.2) is 4.79 Å². The molecule has 0 spiro atoms. The minimum Gasteiger partial charge on any atom is -0.478 e. The van der Waals surface area contributed by atoms with Crippen LogP contribution >= 0.6 is 15.9 Å². The van der Waals surface area contributed by atoms with Crippen molar-refractivity contribution in [3.8, 4) is 0 Å². The first kappa shape index (κ1) is 13.0. The molecule has 1 aromatic rings. The van der Waals surface area contributed by atoms with Gasteiger partial charge in [0.1, 0.15) is 0 Å². The van der Waals surface area contributed by atoms with Crippen molar-refractivity contribution < 1.29 is 9.90 Å². The molecule has 1 aromatic carbocycles. The minimum atomic E-state index is -0.889. The van der Waals surface area contributed by atoms with Gasteiger partial charge in [-0.2, -0.15) is 0 Å². The van der Waals surface area contributed by atoms with Crippen LogP contribution in [0.5, 0.6) is 0 Å². The van der Waals surface area contributed by atoms with Crippen molar-refractivity contribution in [3.63, 3.8) is 0 Å². The zero-order valence-electron chi connectivity index (χ0n) is 9.46. The zero-order chi connectivity index (χ0) is 12.1. The first-order valence-electron chi connectivity index (χ1n) is 5.24. The Bertz CT molecular complexity index is 422. The standard InChI is InChI=1S/C13H15BrO2/c1-3-4-10(8-13(15)16)11-6-5-9(2)12(14)7-11/h5-8H,3-4H2,1-2H3,(H,15,16)/b10-8+. The van der Waals surface area contributed by atoms with Crippen LogP contribution in [-0.2, 0) is 4.79 Å². The van der Waals surface area contributed by atoms with Crippen molar-refractivity contribution in [2.45, 2.75) is 26.7 Å². The second-order valence-corrected chi connectivity index (χ2v) is 4.58. The van der Waals surface area contributed by atoms with E-state index in [1.165, 1.54) is 6.08 Å². The Hall–Kier alpha value is -1.09. The van der Waals surface area contributed by atoms with Crippen LogP contribution in [-0.4, -0.2) is 11.1 Å². The normalized spacial score (nSPS) is 11.6. The van der Waals surface area contributed by atoms with Crippen LogP contribution in [0.2, 0.25) is 0 Å². The maximum Gasteiger partial charge on any atom is 0.328 e. The quantitative estimate of drug-likeness (QED) is 0.847. The third-order valence-electron chi connectivity index (χ3n) is 2.36. The molecule has 3 heteroatoms. The summed E-state index contributed by atoms with van der Waals surface area (Å²) in [4.78, 5) is 10.7. The molecule has 0 aliphatic heterocycles. The number of hydrogen-bond acceptors (Lipinski definition) is 1. The summed E-state index contributed by atoms with van der Waals surface area (Å²) < 4.78 is 1.01. The predicted molar refractivity (Wildman–Crippen MR) is 69.4 cm³/mol. The average molecular weight is 283 g/mol. The van der Waals surface area contributed by atoms with Crippen LogP contribution in [0.4, 0.5) is 0 Å². The number of allylic oxidation sites excluding steroid dienone is 1. The zero-order valence-corrected chi connectivity index (χ0v) is 11.0. The molecule has 1 rings (SSSR count). The number of carbonyl (C=O) groups is 1. The number of rotatable bonds is 4. The van der Waals surface area contributed by atoms with E-state index in [-0.39, 0.29) is 0 Å². The van der Waals surface area contributed by atoms with Crippen molar-refractivity contribution in [1.29, 1.82) is 0 Å². The van der Waals surface area contributed by atoms with Gasteiger partial charge in [0.05, 0.1) is 0 Å². The Kier molecular flexibility index (Phi) is 4.74. The molecule has 0 aliphatic rings. The summed E-state index contributed by atoms with van der Waals surface area (Å²) >= 11 is 3.46. The van der Waals surface area contributed by atoms with E-state index in [0.717, 1.165) is 34.0 Å². The molecule has 0 radical (unpaired) electrons. The topological polar surface area (TPSA) is 37.3 Å². The summed E-state index contributed by atoms with van der Waals surface area (Å²) in [5.74, 6) is -0.889. The molecular formula is C13H15BrO2. The van der Waals surface area contributed by atoms with Crippen LogP contribution in [0.1, 0.15) is 30.9 Å². The smallest absolute Gasteiger partial charge is 0.328 e. The fourth-order valence-electron chi connectivity index (χ4n) is 1.51. The lowest BCUT2D eigenvalue weighted by Crippen LogP contribution is -1.93. The number of aryl methyl sites for hydroxylation is 1. The third-order valence-corrected chi connectivity index (χ3v) is 3.21. The van der Waals surface area contributed by atoms with Gasteiger partial charge in [-0.1, -0.05) is 41.4 Å². The van der Waals surface area contributed by atoms with E-state index in [9.17, 15) is 4.79 Å². The fraction of sp³-hybridized carbons (Fsp3) is 0.308. The summed E-state index contributed by atoms with van der Waals surface area (Å²) in [6.45, 7) is 4.05. The molecule has 0 heterocycles. The van der Waals surface area contributed by atoms with E-state index >= 15 is 0 Å². The van der Waals surface area contributed by atoms with E-state index in [1.54, 1.807) is 0 Å². The lowest BCUT2D eigenvalue weighted by Gasteiger charge is -2.07. The largest absolute Gasteiger partial charge is 0.478 e. The van der Waals surface area contributed by atoms with Crippen LogP contribution in [0.25, 0.3) is 5.57 Å². The molecule has 1 N–H and O–H groups in total. The molecule has 86 valence electrons. The molecule has 0 amide bonds. The molecule has 0 bridgehead atoms. The Morgan fingerprint density at radius 1 is 1.50 bits per heavy atom. The molecule has 0 fully saturated rings. The highest BCUT2D eigenvalue weighted by molar-refractivity contribution is 9.10. The van der Waals surface area contributed by atoms with Gasteiger partial charge in [0.2, 0.25) is 0 Å². The Morgan fingerprint density at radius 3 is 2.69 bits per heavy atom. The summed E-state index contributed by atoms with van der Waals surface area (Å²) in [5.41, 5.74) is 2.99. The predicted octanol–water partition coefficient (Wildman–Crippen LogP) is 4.03. The number of benzene rings is 1. The first-order valence-corrected chi connectivity index (χ1v) is 6.04. The highest BCUT2D eigenvalue weighted by atomic mass is 79.9. The molecule has 0 aromatic heterocycles. The second kappa shape index (κ2) is 5.85. The molecule has 0 aliphatic carbocycles. The molecule has 0 saturated carbocycles. The van der Waals surface area contributed by atoms with Crippen molar-refractivity contribution in [2.24, 2.45) is 0 Å². The van der Waals surface area contributed by atoms with Crippen molar-refractivity contribution >= 4 is 27.5 Å². The van der Waals surface area contributed by atoms with Crippen LogP contribution in [0, 0.1) is 6.92 Å². The van der Waals surface area contributed by atoms with E-state index < -0.39 is 5.97 Å². The highest BCUT2D eigenvalue weighted by Crippen LogP contribution is 2.25. The molecular weight excluding hydrogens is 268 g/mol. The maximum atomic E-state index is 10.7. The van der Waals surface area contributed by atoms with E-state index in [2.05, 4.69) is 15.9 Å². The highest BCUT2D eigenvalue weighted by Gasteiger charge is 2.05. The van der Waals surface area contributed by atoms with E-state index in [1.807, 2.05) is 32.0 Å². The Labute approximate surface area is 104 Å². The Balaban J connectivity index is 3.11. The molecule has 2 nitrogen and oxygen atoms in total. The van der Waals surface area contributed by atoms with Gasteiger partial charge in [-0.15, -0.1) is 0 Å². The number of halogens is 1. The van der Waals surface area contributed by atoms with Crippen LogP contribution < -0.4 is 0 Å². The summed E-state index contributed by atoms with van der Waals surface area (Å²) in [5, 5.41) is 8.81. The van der Waals surface area contributed by atoms with Gasteiger partial charge in [-0.3, -0.25) is 0 Å². The van der Waals surface area contributed by atoms with Gasteiger partial charge in [0.15, 0.2) is 0 Å². The van der Waals surface area contributed by atoms with Gasteiger partial charge < -0.3 is 5.11 Å². The summed E-state index contributed by atoms with van der Waals surface area (Å²) in [6, 6.07) is 5.93. The molecule has 0 unspecified atom stereocenters. The summed E-state index contributed by atoms with van der Waals surface area (Å²) in [7, 11) is 0. The van der Waals surface area contributed by atoms with Crippen molar-refractivity contribution in [1.82, 2.24) is 0 Å². The third kappa shape index (κ3) is 3.49. The SMILES string of the molecule is CCC/C(=C\C(=O)O)c1ccc(C)c(Br)c1. The number of carboxylic acid groups (broad SMARTS) is 1. The maximum absolute atomic E-state index is 10.7. The lowest BCUT2D eigenvalue weighted by atomic mass is 10.00.